The number of carbonyl (C=O) groups is 3. The molecule has 0 unspecified atom stereocenters. The lowest BCUT2D eigenvalue weighted by Crippen LogP contribution is -2.33. The summed E-state index contributed by atoms with van der Waals surface area (Å²) < 4.78 is 0. The van der Waals surface area contributed by atoms with Crippen LogP contribution in [0.15, 0.2) is 90.6 Å². The molecule has 0 saturated carbocycles. The lowest BCUT2D eigenvalue weighted by Gasteiger charge is -2.11. The van der Waals surface area contributed by atoms with Gasteiger partial charge in [-0.1, -0.05) is 48.5 Å². The average molecular weight is 442 g/mol. The maximum absolute atomic E-state index is 12.6. The molecular weight excluding hydrogens is 420 g/mol. The number of amides is 3. The molecule has 8 heteroatoms. The van der Waals surface area contributed by atoms with E-state index in [-0.39, 0.29) is 17.0 Å². The fraction of sp³-hybridized carbons (Fsp3) is 0.0400. The number of hydrogen-bond acceptors (Lipinski definition) is 5. The Morgan fingerprint density at radius 2 is 1.61 bits per heavy atom. The number of nitrogens with zero attached hydrogens (tertiary/aromatic N) is 1. The lowest BCUT2D eigenvalue weighted by molar-refractivity contribution is -0.136. The molecule has 3 rings (SSSR count). The summed E-state index contributed by atoms with van der Waals surface area (Å²) >= 11 is 0. The van der Waals surface area contributed by atoms with E-state index in [4.69, 9.17) is 0 Å². The molecule has 0 aliphatic rings. The monoisotopic (exact) mass is 442 g/mol. The van der Waals surface area contributed by atoms with Gasteiger partial charge in [-0.3, -0.25) is 14.4 Å². The van der Waals surface area contributed by atoms with Crippen LogP contribution in [0.4, 0.5) is 11.4 Å². The second-order valence-electron chi connectivity index (χ2n) is 6.87. The minimum atomic E-state index is -1.04. The van der Waals surface area contributed by atoms with E-state index in [9.17, 15) is 19.5 Å². The van der Waals surface area contributed by atoms with Crippen molar-refractivity contribution in [2.45, 2.75) is 6.42 Å². The zero-order chi connectivity index (χ0) is 23.6. The Morgan fingerprint density at radius 3 is 2.36 bits per heavy atom. The molecule has 8 nitrogen and oxygen atoms in total. The van der Waals surface area contributed by atoms with Gasteiger partial charge in [0.25, 0.3) is 5.91 Å². The van der Waals surface area contributed by atoms with Crippen molar-refractivity contribution >= 4 is 35.3 Å². The van der Waals surface area contributed by atoms with E-state index in [2.05, 4.69) is 27.7 Å². The molecule has 3 amide bonds. The van der Waals surface area contributed by atoms with Crippen LogP contribution in [-0.4, -0.2) is 29.0 Å². The fourth-order valence-electron chi connectivity index (χ4n) is 2.94. The summed E-state index contributed by atoms with van der Waals surface area (Å²) in [6.07, 6.45) is 3.36. The highest BCUT2D eigenvalue weighted by Gasteiger charge is 2.18. The Bertz CT molecular complexity index is 1210. The van der Waals surface area contributed by atoms with Gasteiger partial charge < -0.3 is 15.7 Å². The summed E-state index contributed by atoms with van der Waals surface area (Å²) in [5.41, 5.74) is 4.09. The SMILES string of the molecule is C=CCc1cccc(/C=N/NC(=O)C(=O)Nc2ccccc2C(=O)Nc2ccccc2)c1O. The van der Waals surface area contributed by atoms with Crippen LogP contribution in [-0.2, 0) is 16.0 Å². The number of carbonyl (C=O) groups excluding carboxylic acids is 3. The molecule has 0 bridgehead atoms. The van der Waals surface area contributed by atoms with E-state index in [1.165, 1.54) is 18.3 Å². The van der Waals surface area contributed by atoms with Gasteiger partial charge in [0.15, 0.2) is 0 Å². The van der Waals surface area contributed by atoms with Gasteiger partial charge in [-0.15, -0.1) is 6.58 Å². The van der Waals surface area contributed by atoms with Crippen molar-refractivity contribution in [3.8, 4) is 5.75 Å². The van der Waals surface area contributed by atoms with Crippen molar-refractivity contribution in [2.75, 3.05) is 10.6 Å². The second-order valence-corrected chi connectivity index (χ2v) is 6.87. The first-order valence-electron chi connectivity index (χ1n) is 10.0. The van der Waals surface area contributed by atoms with Gasteiger partial charge in [0, 0.05) is 11.3 Å². The zero-order valence-electron chi connectivity index (χ0n) is 17.6. The quantitative estimate of drug-likeness (QED) is 0.194. The second kappa shape index (κ2) is 11.1. The third kappa shape index (κ3) is 6.14. The van der Waals surface area contributed by atoms with Crippen molar-refractivity contribution in [2.24, 2.45) is 5.10 Å². The summed E-state index contributed by atoms with van der Waals surface area (Å²) in [5, 5.41) is 19.1. The van der Waals surface area contributed by atoms with Gasteiger partial charge in [0.2, 0.25) is 0 Å². The molecule has 166 valence electrons. The number of hydrazone groups is 1. The number of anilines is 2. The van der Waals surface area contributed by atoms with Crippen molar-refractivity contribution in [3.05, 3.63) is 102 Å². The molecular formula is C25H22N4O4. The maximum atomic E-state index is 12.6. The minimum Gasteiger partial charge on any atom is -0.507 e. The molecule has 0 heterocycles. The number of phenolic OH excluding ortho intramolecular Hbond substituents is 1. The Balaban J connectivity index is 1.64. The molecule has 0 aromatic heterocycles. The van der Waals surface area contributed by atoms with E-state index in [1.54, 1.807) is 60.7 Å². The van der Waals surface area contributed by atoms with Crippen LogP contribution in [0, 0.1) is 0 Å². The molecule has 0 saturated heterocycles. The molecule has 3 aromatic rings. The highest BCUT2D eigenvalue weighted by atomic mass is 16.3. The molecule has 0 spiro atoms. The van der Waals surface area contributed by atoms with E-state index in [1.807, 2.05) is 6.07 Å². The molecule has 4 N–H and O–H groups in total. The summed E-state index contributed by atoms with van der Waals surface area (Å²) in [5.74, 6) is -2.47. The lowest BCUT2D eigenvalue weighted by atomic mass is 10.1. The third-order valence-electron chi connectivity index (χ3n) is 4.54. The standard InChI is InChI=1S/C25H22N4O4/c1-2-9-17-10-8-11-18(22(17)30)16-26-29-25(33)24(32)28-21-15-7-6-14-20(21)23(31)27-19-12-4-3-5-13-19/h2-8,10-16,30H,1,9H2,(H,27,31)(H,28,32)(H,29,33)/b26-16+. The van der Waals surface area contributed by atoms with Crippen LogP contribution in [0.2, 0.25) is 0 Å². The van der Waals surface area contributed by atoms with E-state index >= 15 is 0 Å². The predicted octanol–water partition coefficient (Wildman–Crippen LogP) is 3.46. The number of rotatable bonds is 7. The summed E-state index contributed by atoms with van der Waals surface area (Å²) in [6, 6.07) is 20.2. The summed E-state index contributed by atoms with van der Waals surface area (Å²) in [7, 11) is 0. The topological polar surface area (TPSA) is 120 Å². The van der Waals surface area contributed by atoms with Gasteiger partial charge in [-0.05, 0) is 42.3 Å². The van der Waals surface area contributed by atoms with E-state index in [0.717, 1.165) is 0 Å². The highest BCUT2D eigenvalue weighted by Crippen LogP contribution is 2.21. The van der Waals surface area contributed by atoms with Gasteiger partial charge in [-0.25, -0.2) is 5.43 Å². The first-order chi connectivity index (χ1) is 16.0. The van der Waals surface area contributed by atoms with Gasteiger partial charge in [0.1, 0.15) is 5.75 Å². The largest absolute Gasteiger partial charge is 0.507 e. The number of hydrogen-bond donors (Lipinski definition) is 4. The molecule has 0 aliphatic heterocycles. The third-order valence-corrected chi connectivity index (χ3v) is 4.54. The Hall–Kier alpha value is -4.72. The highest BCUT2D eigenvalue weighted by molar-refractivity contribution is 6.40. The summed E-state index contributed by atoms with van der Waals surface area (Å²) in [4.78, 5) is 37.1. The van der Waals surface area contributed by atoms with Crippen molar-refractivity contribution < 1.29 is 19.5 Å². The normalized spacial score (nSPS) is 10.4. The number of allylic oxidation sites excluding steroid dienone is 1. The predicted molar refractivity (Wildman–Crippen MR) is 127 cm³/mol. The van der Waals surface area contributed by atoms with Gasteiger partial charge >= 0.3 is 11.8 Å². The number of nitrogens with one attached hydrogen (secondary N) is 3. The number of phenols is 1. The number of benzene rings is 3. The number of para-hydroxylation sites is 3. The van der Waals surface area contributed by atoms with Crippen LogP contribution in [0.1, 0.15) is 21.5 Å². The van der Waals surface area contributed by atoms with Gasteiger partial charge in [-0.2, -0.15) is 5.10 Å². The molecule has 0 radical (unpaired) electrons. The first-order valence-corrected chi connectivity index (χ1v) is 10.0. The van der Waals surface area contributed by atoms with Crippen molar-refractivity contribution in [1.29, 1.82) is 0 Å². The Kier molecular flexibility index (Phi) is 7.69. The first kappa shape index (κ1) is 23.0. The van der Waals surface area contributed by atoms with Gasteiger partial charge in [0.05, 0.1) is 17.5 Å². The van der Waals surface area contributed by atoms with Crippen LogP contribution in [0.5, 0.6) is 5.75 Å². The Morgan fingerprint density at radius 1 is 0.879 bits per heavy atom. The maximum Gasteiger partial charge on any atom is 0.329 e. The van der Waals surface area contributed by atoms with Crippen LogP contribution < -0.4 is 16.1 Å². The van der Waals surface area contributed by atoms with Crippen molar-refractivity contribution in [1.82, 2.24) is 5.43 Å². The molecule has 0 aliphatic carbocycles. The minimum absolute atomic E-state index is 0.0122. The average Bonchev–Trinajstić information content (AvgIpc) is 2.82. The van der Waals surface area contributed by atoms with Crippen LogP contribution in [0.25, 0.3) is 0 Å². The smallest absolute Gasteiger partial charge is 0.329 e. The molecule has 3 aromatic carbocycles. The van der Waals surface area contributed by atoms with Crippen LogP contribution >= 0.6 is 0 Å². The summed E-state index contributed by atoms with van der Waals surface area (Å²) in [6.45, 7) is 3.63. The molecule has 0 fully saturated rings. The fourth-order valence-corrected chi connectivity index (χ4v) is 2.94. The van der Waals surface area contributed by atoms with Crippen LogP contribution in [0.3, 0.4) is 0 Å². The molecule has 0 atom stereocenters. The Labute approximate surface area is 190 Å². The zero-order valence-corrected chi connectivity index (χ0v) is 17.6. The number of aromatic hydroxyl groups is 1. The van der Waals surface area contributed by atoms with E-state index < -0.39 is 17.7 Å². The van der Waals surface area contributed by atoms with E-state index in [0.29, 0.717) is 23.2 Å². The van der Waals surface area contributed by atoms with Crippen molar-refractivity contribution in [3.63, 3.8) is 0 Å². The molecule has 33 heavy (non-hydrogen) atoms.